The summed E-state index contributed by atoms with van der Waals surface area (Å²) in [6.45, 7) is 3.88. The number of aryl methyl sites for hydroxylation is 1. The average molecular weight is 461 g/mol. The Morgan fingerprint density at radius 1 is 1.30 bits per heavy atom. The van der Waals surface area contributed by atoms with E-state index in [9.17, 15) is 4.79 Å². The van der Waals surface area contributed by atoms with E-state index in [1.807, 2.05) is 43.3 Å². The van der Waals surface area contributed by atoms with Crippen molar-refractivity contribution >= 4 is 39.9 Å². The van der Waals surface area contributed by atoms with Crippen LogP contribution in [0.1, 0.15) is 36.2 Å². The highest BCUT2D eigenvalue weighted by Gasteiger charge is 2.19. The van der Waals surface area contributed by atoms with E-state index < -0.39 is 0 Å². The number of nitrogen functional groups attached to an aromatic ring is 1. The summed E-state index contributed by atoms with van der Waals surface area (Å²) in [5, 5.41) is 15.3. The monoisotopic (exact) mass is 460 g/mol. The molecule has 1 aliphatic rings. The first-order valence-electron chi connectivity index (χ1n) is 11.1. The molecule has 8 heteroatoms. The van der Waals surface area contributed by atoms with Gasteiger partial charge < -0.3 is 21.8 Å². The Bertz CT molecular complexity index is 1160. The highest BCUT2D eigenvalue weighted by molar-refractivity contribution is 7.19. The number of benzene rings is 1. The van der Waals surface area contributed by atoms with Gasteiger partial charge in [-0.15, -0.1) is 0 Å². The molecule has 0 atom stereocenters. The van der Waals surface area contributed by atoms with E-state index in [-0.39, 0.29) is 5.91 Å². The summed E-state index contributed by atoms with van der Waals surface area (Å²) in [6, 6.07) is 11.3. The smallest absolute Gasteiger partial charge is 0.226 e. The fourth-order valence-corrected chi connectivity index (χ4v) is 4.90. The maximum absolute atomic E-state index is 12.5. The van der Waals surface area contributed by atoms with Crippen molar-refractivity contribution in [1.82, 2.24) is 15.3 Å². The second-order valence-corrected chi connectivity index (χ2v) is 9.18. The molecular formula is C25H28N6OS. The van der Waals surface area contributed by atoms with Crippen LogP contribution in [0.3, 0.4) is 0 Å². The molecule has 0 radical (unpaired) electrons. The summed E-state index contributed by atoms with van der Waals surface area (Å²) in [5.74, 6) is 0.450. The molecule has 1 amide bonds. The third-order valence-electron chi connectivity index (χ3n) is 5.69. The van der Waals surface area contributed by atoms with Crippen molar-refractivity contribution in [1.29, 1.82) is 5.41 Å². The molecule has 7 nitrogen and oxygen atoms in total. The van der Waals surface area contributed by atoms with E-state index >= 15 is 0 Å². The van der Waals surface area contributed by atoms with Crippen molar-refractivity contribution in [2.45, 2.75) is 26.2 Å². The molecule has 170 valence electrons. The standard InChI is InChI=1S/C25H28N6OS/c1-16-24(33-25(30-16)31-23(32)14-17-9-12-28-13-10-17)18-5-7-20(22(27)15-18)21(26)8-6-19-4-2-3-11-29-19/h2-8,11,15,17,26,28H,9-10,12-14,27H2,1H3,(H,30,31,32)/b8-6+,26-21?. The van der Waals surface area contributed by atoms with Crippen LogP contribution in [0, 0.1) is 18.3 Å². The van der Waals surface area contributed by atoms with Crippen LogP contribution in [0.15, 0.2) is 48.7 Å². The lowest BCUT2D eigenvalue weighted by molar-refractivity contribution is -0.117. The second-order valence-electron chi connectivity index (χ2n) is 8.18. The van der Waals surface area contributed by atoms with Gasteiger partial charge in [0, 0.05) is 23.9 Å². The Morgan fingerprint density at radius 2 is 2.12 bits per heavy atom. The van der Waals surface area contributed by atoms with Gasteiger partial charge in [0.25, 0.3) is 0 Å². The van der Waals surface area contributed by atoms with E-state index in [0.29, 0.717) is 34.4 Å². The number of hydrogen-bond acceptors (Lipinski definition) is 7. The highest BCUT2D eigenvalue weighted by Crippen LogP contribution is 2.34. The van der Waals surface area contributed by atoms with Gasteiger partial charge >= 0.3 is 0 Å². The zero-order chi connectivity index (χ0) is 23.2. The fourth-order valence-electron chi connectivity index (χ4n) is 3.92. The highest BCUT2D eigenvalue weighted by atomic mass is 32.1. The van der Waals surface area contributed by atoms with Gasteiger partial charge in [-0.05, 0) is 74.7 Å². The molecule has 1 aliphatic heterocycles. The van der Waals surface area contributed by atoms with E-state index in [1.165, 1.54) is 11.3 Å². The number of hydrogen-bond donors (Lipinski definition) is 4. The summed E-state index contributed by atoms with van der Waals surface area (Å²) in [7, 11) is 0. The normalized spacial score (nSPS) is 14.5. The molecule has 1 saturated heterocycles. The Labute approximate surface area is 197 Å². The van der Waals surface area contributed by atoms with Gasteiger partial charge in [0.2, 0.25) is 5.91 Å². The Balaban J connectivity index is 1.44. The lowest BCUT2D eigenvalue weighted by Crippen LogP contribution is -2.30. The van der Waals surface area contributed by atoms with Crippen LogP contribution in [0.2, 0.25) is 0 Å². The summed E-state index contributed by atoms with van der Waals surface area (Å²) >= 11 is 1.45. The lowest BCUT2D eigenvalue weighted by Gasteiger charge is -2.21. The number of carbonyl (C=O) groups is 1. The molecule has 0 aliphatic carbocycles. The van der Waals surface area contributed by atoms with Gasteiger partial charge in [-0.3, -0.25) is 9.78 Å². The number of piperidine rings is 1. The second kappa shape index (κ2) is 10.5. The first-order chi connectivity index (χ1) is 16.0. The number of rotatable bonds is 7. The first kappa shape index (κ1) is 22.8. The molecule has 4 rings (SSSR count). The van der Waals surface area contributed by atoms with E-state index in [1.54, 1.807) is 18.3 Å². The molecule has 2 aromatic heterocycles. The van der Waals surface area contributed by atoms with Gasteiger partial charge in [-0.25, -0.2) is 4.98 Å². The summed E-state index contributed by atoms with van der Waals surface area (Å²) in [5.41, 5.74) is 10.3. The number of aromatic nitrogens is 2. The van der Waals surface area contributed by atoms with Crippen molar-refractivity contribution in [2.75, 3.05) is 24.1 Å². The molecular weight excluding hydrogens is 432 g/mol. The van der Waals surface area contributed by atoms with E-state index in [0.717, 1.165) is 47.8 Å². The molecule has 3 aromatic rings. The number of thiazole rings is 1. The van der Waals surface area contributed by atoms with Crippen molar-refractivity contribution in [3.05, 3.63) is 65.6 Å². The predicted molar refractivity (Wildman–Crippen MR) is 136 cm³/mol. The summed E-state index contributed by atoms with van der Waals surface area (Å²) in [6.07, 6.45) is 7.81. The minimum Gasteiger partial charge on any atom is -0.398 e. The first-order valence-corrected chi connectivity index (χ1v) is 11.9. The van der Waals surface area contributed by atoms with Gasteiger partial charge in [-0.2, -0.15) is 0 Å². The quantitative estimate of drug-likeness (QED) is 0.306. The molecule has 3 heterocycles. The Morgan fingerprint density at radius 3 is 2.85 bits per heavy atom. The van der Waals surface area contributed by atoms with Crippen molar-refractivity contribution in [2.24, 2.45) is 5.92 Å². The van der Waals surface area contributed by atoms with Crippen LogP contribution in [-0.4, -0.2) is 34.7 Å². The zero-order valence-corrected chi connectivity index (χ0v) is 19.4. The SMILES string of the molecule is Cc1nc(NC(=O)CC2CCNCC2)sc1-c1ccc(C(=N)/C=C/c2ccccn2)c(N)c1. The molecule has 0 saturated carbocycles. The molecule has 5 N–H and O–H groups in total. The zero-order valence-electron chi connectivity index (χ0n) is 18.6. The van der Waals surface area contributed by atoms with Crippen LogP contribution in [0.25, 0.3) is 16.5 Å². The number of nitrogens with zero attached hydrogens (tertiary/aromatic N) is 2. The van der Waals surface area contributed by atoms with Crippen molar-refractivity contribution in [3.63, 3.8) is 0 Å². The number of allylic oxidation sites excluding steroid dienone is 1. The van der Waals surface area contributed by atoms with Gasteiger partial charge in [0.15, 0.2) is 5.13 Å². The van der Waals surface area contributed by atoms with Gasteiger partial charge in [-0.1, -0.05) is 29.5 Å². The molecule has 1 fully saturated rings. The van der Waals surface area contributed by atoms with Gasteiger partial charge in [0.1, 0.15) is 0 Å². The van der Waals surface area contributed by atoms with Crippen molar-refractivity contribution in [3.8, 4) is 10.4 Å². The maximum Gasteiger partial charge on any atom is 0.226 e. The van der Waals surface area contributed by atoms with Crippen LogP contribution in [-0.2, 0) is 4.79 Å². The number of pyridine rings is 1. The van der Waals surface area contributed by atoms with E-state index in [2.05, 4.69) is 20.6 Å². The number of nitrogens with one attached hydrogen (secondary N) is 3. The minimum atomic E-state index is 0.0187. The van der Waals surface area contributed by atoms with Crippen LogP contribution in [0.4, 0.5) is 10.8 Å². The number of carbonyl (C=O) groups excluding carboxylic acids is 1. The summed E-state index contributed by atoms with van der Waals surface area (Å²) in [4.78, 5) is 22.2. The third kappa shape index (κ3) is 5.91. The Hall–Kier alpha value is -3.36. The summed E-state index contributed by atoms with van der Waals surface area (Å²) < 4.78 is 0. The maximum atomic E-state index is 12.5. The molecule has 33 heavy (non-hydrogen) atoms. The molecule has 0 spiro atoms. The lowest BCUT2D eigenvalue weighted by atomic mass is 9.94. The van der Waals surface area contributed by atoms with Crippen LogP contribution in [0.5, 0.6) is 0 Å². The van der Waals surface area contributed by atoms with Gasteiger partial charge in [0.05, 0.1) is 22.0 Å². The molecule has 0 bridgehead atoms. The van der Waals surface area contributed by atoms with Crippen molar-refractivity contribution < 1.29 is 4.79 Å². The molecule has 0 unspecified atom stereocenters. The predicted octanol–water partition coefficient (Wildman–Crippen LogP) is 4.51. The van der Waals surface area contributed by atoms with Crippen LogP contribution >= 0.6 is 11.3 Å². The average Bonchev–Trinajstić information content (AvgIpc) is 3.18. The topological polar surface area (TPSA) is 117 Å². The number of amides is 1. The third-order valence-corrected chi connectivity index (χ3v) is 6.81. The van der Waals surface area contributed by atoms with Crippen LogP contribution < -0.4 is 16.4 Å². The van der Waals surface area contributed by atoms with E-state index in [4.69, 9.17) is 11.1 Å². The Kier molecular flexibility index (Phi) is 7.26. The minimum absolute atomic E-state index is 0.0187. The number of nitrogens with two attached hydrogens (primary N) is 1. The molecule has 1 aromatic carbocycles. The fraction of sp³-hybridized carbons (Fsp3) is 0.280. The largest absolute Gasteiger partial charge is 0.398 e. The number of anilines is 2.